The molecule has 0 spiro atoms. The summed E-state index contributed by atoms with van der Waals surface area (Å²) in [6.45, 7) is 1.82. The molecule has 0 fully saturated rings. The van der Waals surface area contributed by atoms with Crippen molar-refractivity contribution in [1.82, 2.24) is 24.4 Å². The van der Waals surface area contributed by atoms with Gasteiger partial charge in [-0.2, -0.15) is 0 Å². The molecule has 0 bridgehead atoms. The molecule has 8 nitrogen and oxygen atoms in total. The third-order valence-electron chi connectivity index (χ3n) is 2.85. The minimum absolute atomic E-state index is 0.0982. The van der Waals surface area contributed by atoms with Crippen molar-refractivity contribution < 1.29 is 9.90 Å². The van der Waals surface area contributed by atoms with Gasteiger partial charge in [0.15, 0.2) is 10.7 Å². The smallest absolute Gasteiger partial charge is 0.358 e. The highest BCUT2D eigenvalue weighted by molar-refractivity contribution is 7.15. The van der Waals surface area contributed by atoms with Crippen LogP contribution in [0, 0.1) is 6.92 Å². The molecule has 0 aromatic carbocycles. The Balaban J connectivity index is 2.01. The summed E-state index contributed by atoms with van der Waals surface area (Å²) in [5.41, 5.74) is 0.662. The van der Waals surface area contributed by atoms with Gasteiger partial charge in [-0.3, -0.25) is 9.20 Å². The van der Waals surface area contributed by atoms with E-state index in [9.17, 15) is 9.59 Å². The Morgan fingerprint density at radius 2 is 2.30 bits per heavy atom. The molecule has 0 saturated carbocycles. The van der Waals surface area contributed by atoms with E-state index in [1.165, 1.54) is 26.5 Å². The predicted molar refractivity (Wildman–Crippen MR) is 70.2 cm³/mol. The summed E-state index contributed by atoms with van der Waals surface area (Å²) >= 11 is 1.35. The van der Waals surface area contributed by atoms with E-state index < -0.39 is 5.97 Å². The van der Waals surface area contributed by atoms with Crippen molar-refractivity contribution in [3.8, 4) is 0 Å². The number of fused-ring (bicyclic) bond motifs is 1. The minimum Gasteiger partial charge on any atom is -0.476 e. The molecule has 3 heterocycles. The number of thiazole rings is 1. The molecule has 9 heteroatoms. The van der Waals surface area contributed by atoms with E-state index in [-0.39, 0.29) is 17.8 Å². The molecule has 1 N–H and O–H groups in total. The maximum atomic E-state index is 11.8. The highest BCUT2D eigenvalue weighted by Gasteiger charge is 2.15. The van der Waals surface area contributed by atoms with Crippen LogP contribution in [0.2, 0.25) is 0 Å². The van der Waals surface area contributed by atoms with Gasteiger partial charge in [0.1, 0.15) is 0 Å². The van der Waals surface area contributed by atoms with Crippen LogP contribution in [0.5, 0.6) is 0 Å². The number of carboxylic acid groups (broad SMARTS) is 1. The average Bonchev–Trinajstić information content (AvgIpc) is 2.97. The van der Waals surface area contributed by atoms with Gasteiger partial charge in [0, 0.05) is 17.6 Å². The molecule has 0 aliphatic rings. The number of carboxylic acids is 1. The van der Waals surface area contributed by atoms with E-state index in [0.29, 0.717) is 16.3 Å². The van der Waals surface area contributed by atoms with Crippen LogP contribution in [-0.2, 0) is 6.54 Å². The van der Waals surface area contributed by atoms with Gasteiger partial charge in [0.25, 0.3) is 5.56 Å². The van der Waals surface area contributed by atoms with Crippen molar-refractivity contribution in [2.75, 3.05) is 0 Å². The summed E-state index contributed by atoms with van der Waals surface area (Å²) in [4.78, 5) is 27.7. The van der Waals surface area contributed by atoms with Crippen LogP contribution in [0.4, 0.5) is 0 Å². The summed E-state index contributed by atoms with van der Waals surface area (Å²) in [7, 11) is 0. The number of hydrogen-bond acceptors (Lipinski definition) is 6. The highest BCUT2D eigenvalue weighted by Crippen LogP contribution is 2.09. The lowest BCUT2D eigenvalue weighted by Gasteiger charge is -2.03. The Hall–Kier alpha value is -2.55. The zero-order valence-corrected chi connectivity index (χ0v) is 11.2. The fourth-order valence-electron chi connectivity index (χ4n) is 1.83. The summed E-state index contributed by atoms with van der Waals surface area (Å²) in [6, 6.07) is 1.40. The van der Waals surface area contributed by atoms with E-state index in [0.717, 1.165) is 0 Å². The van der Waals surface area contributed by atoms with Gasteiger partial charge in [-0.25, -0.2) is 14.5 Å². The lowest BCUT2D eigenvalue weighted by atomic mass is 10.3. The second-order valence-corrected chi connectivity index (χ2v) is 5.00. The molecule has 0 aliphatic carbocycles. The Kier molecular flexibility index (Phi) is 2.83. The first kappa shape index (κ1) is 12.5. The molecular weight excluding hydrogens is 282 g/mol. The van der Waals surface area contributed by atoms with Crippen molar-refractivity contribution in [2.45, 2.75) is 13.5 Å². The SMILES string of the molecule is Cc1c(C(=O)O)nnn1Cc1cc(=O)n2ccsc2n1. The standard InChI is InChI=1S/C11H9N5O3S/c1-6-9(10(18)19)13-14-16(6)5-7-4-8(17)15-2-3-20-11(15)12-7/h2-4H,5H2,1H3,(H,18,19). The first-order valence-electron chi connectivity index (χ1n) is 5.65. The molecule has 0 aliphatic heterocycles. The molecule has 0 atom stereocenters. The van der Waals surface area contributed by atoms with Crippen molar-refractivity contribution >= 4 is 22.3 Å². The Morgan fingerprint density at radius 3 is 3.00 bits per heavy atom. The number of carbonyl (C=O) groups is 1. The van der Waals surface area contributed by atoms with Crippen LogP contribution in [0.15, 0.2) is 22.4 Å². The third kappa shape index (κ3) is 1.97. The van der Waals surface area contributed by atoms with Crippen molar-refractivity contribution in [3.05, 3.63) is 45.1 Å². The first-order valence-corrected chi connectivity index (χ1v) is 6.53. The normalized spacial score (nSPS) is 11.1. The topological polar surface area (TPSA) is 102 Å². The monoisotopic (exact) mass is 291 g/mol. The maximum Gasteiger partial charge on any atom is 0.358 e. The Labute approximate surface area is 115 Å². The van der Waals surface area contributed by atoms with E-state index in [1.807, 2.05) is 0 Å². The number of aromatic nitrogens is 5. The molecule has 102 valence electrons. The average molecular weight is 291 g/mol. The Bertz CT molecular complexity index is 862. The fraction of sp³-hybridized carbons (Fsp3) is 0.182. The molecule has 0 unspecified atom stereocenters. The van der Waals surface area contributed by atoms with Gasteiger partial charge >= 0.3 is 5.97 Å². The van der Waals surface area contributed by atoms with Gasteiger partial charge in [-0.15, -0.1) is 16.4 Å². The van der Waals surface area contributed by atoms with E-state index in [1.54, 1.807) is 18.5 Å². The van der Waals surface area contributed by atoms with Gasteiger partial charge in [-0.1, -0.05) is 5.21 Å². The second-order valence-electron chi connectivity index (χ2n) is 4.13. The van der Waals surface area contributed by atoms with E-state index in [2.05, 4.69) is 15.3 Å². The molecule has 0 saturated heterocycles. The van der Waals surface area contributed by atoms with Crippen LogP contribution in [0.1, 0.15) is 21.9 Å². The van der Waals surface area contributed by atoms with E-state index in [4.69, 9.17) is 5.11 Å². The van der Waals surface area contributed by atoms with Gasteiger partial charge in [-0.05, 0) is 6.92 Å². The number of aromatic carboxylic acids is 1. The van der Waals surface area contributed by atoms with Gasteiger partial charge in [0.2, 0.25) is 0 Å². The molecule has 20 heavy (non-hydrogen) atoms. The number of hydrogen-bond donors (Lipinski definition) is 1. The zero-order chi connectivity index (χ0) is 14.3. The quantitative estimate of drug-likeness (QED) is 0.749. The summed E-state index contributed by atoms with van der Waals surface area (Å²) in [5.74, 6) is -1.13. The molecule has 0 radical (unpaired) electrons. The molecule has 3 rings (SSSR count). The van der Waals surface area contributed by atoms with Crippen molar-refractivity contribution in [3.63, 3.8) is 0 Å². The van der Waals surface area contributed by atoms with Gasteiger partial charge in [0.05, 0.1) is 17.9 Å². The largest absolute Gasteiger partial charge is 0.476 e. The minimum atomic E-state index is -1.13. The Morgan fingerprint density at radius 1 is 1.50 bits per heavy atom. The molecule has 3 aromatic heterocycles. The van der Waals surface area contributed by atoms with Crippen LogP contribution in [0.3, 0.4) is 0 Å². The zero-order valence-electron chi connectivity index (χ0n) is 10.3. The predicted octanol–water partition coefficient (Wildman–Crippen LogP) is 0.402. The van der Waals surface area contributed by atoms with Crippen LogP contribution >= 0.6 is 11.3 Å². The molecule has 3 aromatic rings. The second kappa shape index (κ2) is 4.53. The summed E-state index contributed by atoms with van der Waals surface area (Å²) in [5, 5.41) is 18.1. The summed E-state index contributed by atoms with van der Waals surface area (Å²) in [6.07, 6.45) is 1.66. The van der Waals surface area contributed by atoms with Crippen molar-refractivity contribution in [1.29, 1.82) is 0 Å². The maximum absolute atomic E-state index is 11.8. The first-order chi connectivity index (χ1) is 9.56. The molecular formula is C11H9N5O3S. The summed E-state index contributed by atoms with van der Waals surface area (Å²) < 4.78 is 2.86. The third-order valence-corrected chi connectivity index (χ3v) is 3.61. The van der Waals surface area contributed by atoms with Crippen molar-refractivity contribution in [2.24, 2.45) is 0 Å². The fourth-order valence-corrected chi connectivity index (χ4v) is 2.57. The van der Waals surface area contributed by atoms with Crippen LogP contribution < -0.4 is 5.56 Å². The number of rotatable bonds is 3. The lowest BCUT2D eigenvalue weighted by Crippen LogP contribution is -2.15. The highest BCUT2D eigenvalue weighted by atomic mass is 32.1. The number of nitrogens with zero attached hydrogens (tertiary/aromatic N) is 5. The van der Waals surface area contributed by atoms with E-state index >= 15 is 0 Å². The molecule has 0 amide bonds. The van der Waals surface area contributed by atoms with Gasteiger partial charge < -0.3 is 5.11 Å². The van der Waals surface area contributed by atoms with Crippen LogP contribution in [-0.4, -0.2) is 35.5 Å². The van der Waals surface area contributed by atoms with Crippen LogP contribution in [0.25, 0.3) is 4.96 Å². The lowest BCUT2D eigenvalue weighted by molar-refractivity contribution is 0.0689.